The minimum atomic E-state index is 0.701. The van der Waals surface area contributed by atoms with Crippen LogP contribution < -0.4 is 10.6 Å². The van der Waals surface area contributed by atoms with Crippen molar-refractivity contribution in [2.75, 3.05) is 26.2 Å². The van der Waals surface area contributed by atoms with Crippen molar-refractivity contribution in [2.24, 2.45) is 5.41 Å². The SMILES string of the molecule is C1CNCCC2(C1)CCCNCC2. The Kier molecular flexibility index (Phi) is 3.23. The molecule has 0 amide bonds. The molecule has 0 aromatic heterocycles. The van der Waals surface area contributed by atoms with E-state index in [0.29, 0.717) is 5.41 Å². The second-order valence-electron chi connectivity index (χ2n) is 4.71. The number of nitrogens with one attached hydrogen (secondary N) is 2. The van der Waals surface area contributed by atoms with E-state index in [1.165, 1.54) is 64.7 Å². The minimum Gasteiger partial charge on any atom is -0.317 e. The highest BCUT2D eigenvalue weighted by Crippen LogP contribution is 2.38. The van der Waals surface area contributed by atoms with Gasteiger partial charge in [0.15, 0.2) is 0 Å². The monoisotopic (exact) mass is 182 g/mol. The molecule has 2 aliphatic heterocycles. The van der Waals surface area contributed by atoms with Gasteiger partial charge in [-0.25, -0.2) is 0 Å². The Morgan fingerprint density at radius 2 is 1.15 bits per heavy atom. The Balaban J connectivity index is 1.97. The van der Waals surface area contributed by atoms with Gasteiger partial charge in [0.2, 0.25) is 0 Å². The number of hydrogen-bond donors (Lipinski definition) is 2. The molecule has 2 rings (SSSR count). The number of hydrogen-bond acceptors (Lipinski definition) is 2. The third kappa shape index (κ3) is 2.44. The lowest BCUT2D eigenvalue weighted by Crippen LogP contribution is -2.24. The van der Waals surface area contributed by atoms with Crippen molar-refractivity contribution in [3.05, 3.63) is 0 Å². The fourth-order valence-electron chi connectivity index (χ4n) is 2.88. The average Bonchev–Trinajstić information content (AvgIpc) is 2.50. The van der Waals surface area contributed by atoms with Crippen LogP contribution in [-0.4, -0.2) is 26.2 Å². The van der Waals surface area contributed by atoms with Gasteiger partial charge in [-0.2, -0.15) is 0 Å². The Labute approximate surface area is 81.5 Å². The molecule has 2 fully saturated rings. The minimum absolute atomic E-state index is 0.701. The van der Waals surface area contributed by atoms with Gasteiger partial charge >= 0.3 is 0 Å². The lowest BCUT2D eigenvalue weighted by atomic mass is 9.75. The van der Waals surface area contributed by atoms with Crippen LogP contribution in [0.25, 0.3) is 0 Å². The molecular weight excluding hydrogens is 160 g/mol. The van der Waals surface area contributed by atoms with Crippen LogP contribution in [0.5, 0.6) is 0 Å². The first-order valence-corrected chi connectivity index (χ1v) is 5.83. The van der Waals surface area contributed by atoms with Gasteiger partial charge in [-0.1, -0.05) is 0 Å². The molecule has 0 bridgehead atoms. The summed E-state index contributed by atoms with van der Waals surface area (Å²) in [6.07, 6.45) is 8.52. The third-order valence-corrected chi connectivity index (χ3v) is 3.79. The maximum atomic E-state index is 3.52. The summed E-state index contributed by atoms with van der Waals surface area (Å²) in [6.45, 7) is 4.99. The van der Waals surface area contributed by atoms with Gasteiger partial charge in [0.1, 0.15) is 0 Å². The average molecular weight is 182 g/mol. The second kappa shape index (κ2) is 4.43. The van der Waals surface area contributed by atoms with E-state index in [0.717, 1.165) is 0 Å². The fourth-order valence-corrected chi connectivity index (χ4v) is 2.88. The van der Waals surface area contributed by atoms with Crippen molar-refractivity contribution in [3.63, 3.8) is 0 Å². The molecule has 0 aromatic carbocycles. The zero-order valence-corrected chi connectivity index (χ0v) is 8.57. The molecular formula is C11H22N2. The first-order valence-electron chi connectivity index (χ1n) is 5.83. The summed E-state index contributed by atoms with van der Waals surface area (Å²) in [6, 6.07) is 0. The van der Waals surface area contributed by atoms with Crippen LogP contribution in [-0.2, 0) is 0 Å². The van der Waals surface area contributed by atoms with Gasteiger partial charge in [-0.15, -0.1) is 0 Å². The van der Waals surface area contributed by atoms with Gasteiger partial charge in [0.05, 0.1) is 0 Å². The molecule has 76 valence electrons. The molecule has 0 radical (unpaired) electrons. The Hall–Kier alpha value is -0.0800. The van der Waals surface area contributed by atoms with Crippen LogP contribution in [0.15, 0.2) is 0 Å². The van der Waals surface area contributed by atoms with Crippen molar-refractivity contribution >= 4 is 0 Å². The summed E-state index contributed by atoms with van der Waals surface area (Å²) in [5.41, 5.74) is 0.701. The summed E-state index contributed by atoms with van der Waals surface area (Å²) in [5.74, 6) is 0. The van der Waals surface area contributed by atoms with Crippen molar-refractivity contribution < 1.29 is 0 Å². The Bertz CT molecular complexity index is 119. The normalized spacial score (nSPS) is 29.5. The van der Waals surface area contributed by atoms with E-state index in [2.05, 4.69) is 10.6 Å². The largest absolute Gasteiger partial charge is 0.317 e. The molecule has 0 atom stereocenters. The molecule has 2 N–H and O–H groups in total. The van der Waals surface area contributed by atoms with E-state index in [-0.39, 0.29) is 0 Å². The van der Waals surface area contributed by atoms with Gasteiger partial charge < -0.3 is 10.6 Å². The molecule has 2 heterocycles. The van der Waals surface area contributed by atoms with Gasteiger partial charge in [-0.05, 0) is 70.1 Å². The molecule has 0 unspecified atom stereocenters. The van der Waals surface area contributed by atoms with E-state index in [1.807, 2.05) is 0 Å². The van der Waals surface area contributed by atoms with Crippen LogP contribution in [0.4, 0.5) is 0 Å². The smallest absolute Gasteiger partial charge is 0.00436 e. The molecule has 0 saturated carbocycles. The van der Waals surface area contributed by atoms with E-state index in [1.54, 1.807) is 0 Å². The second-order valence-corrected chi connectivity index (χ2v) is 4.71. The maximum Gasteiger partial charge on any atom is -0.00436 e. The standard InChI is InChI=1S/C11H22N2/c1-3-11(5-9-12-7-1)4-2-8-13-10-6-11/h12-13H,1-10H2. The zero-order valence-electron chi connectivity index (χ0n) is 8.57. The maximum absolute atomic E-state index is 3.52. The van der Waals surface area contributed by atoms with E-state index in [4.69, 9.17) is 0 Å². The van der Waals surface area contributed by atoms with Gasteiger partial charge in [0.25, 0.3) is 0 Å². The van der Waals surface area contributed by atoms with Crippen molar-refractivity contribution in [2.45, 2.75) is 38.5 Å². The topological polar surface area (TPSA) is 24.1 Å². The molecule has 2 aliphatic rings. The Morgan fingerprint density at radius 3 is 1.69 bits per heavy atom. The van der Waals surface area contributed by atoms with E-state index in [9.17, 15) is 0 Å². The Morgan fingerprint density at radius 1 is 0.615 bits per heavy atom. The van der Waals surface area contributed by atoms with Crippen LogP contribution >= 0.6 is 0 Å². The van der Waals surface area contributed by atoms with E-state index < -0.39 is 0 Å². The molecule has 2 nitrogen and oxygen atoms in total. The summed E-state index contributed by atoms with van der Waals surface area (Å²) in [5, 5.41) is 7.04. The van der Waals surface area contributed by atoms with E-state index >= 15 is 0 Å². The highest BCUT2D eigenvalue weighted by atomic mass is 14.9. The first kappa shape index (κ1) is 9.47. The number of rotatable bonds is 0. The van der Waals surface area contributed by atoms with Gasteiger partial charge in [-0.3, -0.25) is 0 Å². The van der Waals surface area contributed by atoms with Crippen LogP contribution in [0, 0.1) is 5.41 Å². The summed E-state index contributed by atoms with van der Waals surface area (Å²) >= 11 is 0. The lowest BCUT2D eigenvalue weighted by molar-refractivity contribution is 0.220. The van der Waals surface area contributed by atoms with Crippen molar-refractivity contribution in [1.29, 1.82) is 0 Å². The summed E-state index contributed by atoms with van der Waals surface area (Å²) < 4.78 is 0. The van der Waals surface area contributed by atoms with Crippen LogP contribution in [0.2, 0.25) is 0 Å². The summed E-state index contributed by atoms with van der Waals surface area (Å²) in [7, 11) is 0. The molecule has 0 aliphatic carbocycles. The lowest BCUT2D eigenvalue weighted by Gasteiger charge is -2.30. The predicted molar refractivity (Wildman–Crippen MR) is 55.9 cm³/mol. The fraction of sp³-hybridized carbons (Fsp3) is 1.00. The molecule has 2 saturated heterocycles. The van der Waals surface area contributed by atoms with Gasteiger partial charge in [0, 0.05) is 0 Å². The summed E-state index contributed by atoms with van der Waals surface area (Å²) in [4.78, 5) is 0. The van der Waals surface area contributed by atoms with Crippen molar-refractivity contribution in [1.82, 2.24) is 10.6 Å². The zero-order chi connectivity index (χ0) is 8.99. The van der Waals surface area contributed by atoms with Crippen LogP contribution in [0.3, 0.4) is 0 Å². The van der Waals surface area contributed by atoms with Crippen LogP contribution in [0.1, 0.15) is 38.5 Å². The molecule has 13 heavy (non-hydrogen) atoms. The molecule has 2 heteroatoms. The molecule has 0 aromatic rings. The van der Waals surface area contributed by atoms with Crippen molar-refractivity contribution in [3.8, 4) is 0 Å². The third-order valence-electron chi connectivity index (χ3n) is 3.79. The quantitative estimate of drug-likeness (QED) is 0.593. The predicted octanol–water partition coefficient (Wildman–Crippen LogP) is 1.52. The molecule has 1 spiro atoms. The first-order chi connectivity index (χ1) is 6.41. The highest BCUT2D eigenvalue weighted by molar-refractivity contribution is 4.85. The highest BCUT2D eigenvalue weighted by Gasteiger charge is 2.30.